The number of ether oxygens (including phenoxy) is 1. The van der Waals surface area contributed by atoms with Crippen molar-refractivity contribution in [1.29, 1.82) is 0 Å². The molecule has 0 saturated carbocycles. The van der Waals surface area contributed by atoms with Gasteiger partial charge < -0.3 is 14.5 Å². The normalized spacial score (nSPS) is 16.5. The summed E-state index contributed by atoms with van der Waals surface area (Å²) in [5, 5.41) is 7.82. The average molecular weight is 640 g/mol. The minimum atomic E-state index is -0.737. The molecule has 2 aliphatic rings. The van der Waals surface area contributed by atoms with Crippen LogP contribution in [0.2, 0.25) is 0 Å². The zero-order valence-electron chi connectivity index (χ0n) is 26.3. The van der Waals surface area contributed by atoms with Gasteiger partial charge in [0.2, 0.25) is 5.91 Å². The molecule has 5 aromatic rings. The minimum Gasteiger partial charge on any atom is -0.490 e. The summed E-state index contributed by atoms with van der Waals surface area (Å²) >= 11 is 1.48. The predicted octanol–water partition coefficient (Wildman–Crippen LogP) is 7.64. The maximum Gasteiger partial charge on any atom is 0.246 e. The van der Waals surface area contributed by atoms with E-state index in [0.29, 0.717) is 30.0 Å². The van der Waals surface area contributed by atoms with Crippen LogP contribution in [0.25, 0.3) is 43.9 Å². The molecule has 3 aromatic heterocycles. The number of aromatic nitrogens is 3. The van der Waals surface area contributed by atoms with Gasteiger partial charge >= 0.3 is 0 Å². The summed E-state index contributed by atoms with van der Waals surface area (Å²) in [5.41, 5.74) is 6.84. The Morgan fingerprint density at radius 2 is 1.89 bits per heavy atom. The summed E-state index contributed by atoms with van der Waals surface area (Å²) in [6.45, 7) is 12.1. The van der Waals surface area contributed by atoms with Gasteiger partial charge in [-0.15, -0.1) is 11.3 Å². The van der Waals surface area contributed by atoms with Crippen LogP contribution in [0, 0.1) is 11.6 Å². The van der Waals surface area contributed by atoms with E-state index in [1.807, 2.05) is 43.0 Å². The van der Waals surface area contributed by atoms with Crippen molar-refractivity contribution in [2.45, 2.75) is 52.4 Å². The molecule has 7 nitrogen and oxygen atoms in total. The molecule has 7 rings (SSSR count). The summed E-state index contributed by atoms with van der Waals surface area (Å²) < 4.78 is 39.4. The number of likely N-dealkylation sites (N-methyl/N-ethyl adjacent to an activating group) is 1. The summed E-state index contributed by atoms with van der Waals surface area (Å²) in [6, 6.07) is 12.3. The lowest BCUT2D eigenvalue weighted by molar-refractivity contribution is -0.129. The van der Waals surface area contributed by atoms with Crippen LogP contribution >= 0.6 is 11.3 Å². The second-order valence-corrected chi connectivity index (χ2v) is 13.3. The number of fused-ring (bicyclic) bond motifs is 3. The molecule has 2 aromatic carbocycles. The number of rotatable bonds is 6. The molecule has 46 heavy (non-hydrogen) atoms. The molecule has 2 aliphatic heterocycles. The van der Waals surface area contributed by atoms with Gasteiger partial charge in [-0.2, -0.15) is 5.10 Å². The number of nitrogens with zero attached hydrogens (tertiary/aromatic N) is 5. The average Bonchev–Trinajstić information content (AvgIpc) is 3.68. The minimum absolute atomic E-state index is 0.107. The Morgan fingerprint density at radius 3 is 2.67 bits per heavy atom. The van der Waals surface area contributed by atoms with E-state index in [-0.39, 0.29) is 29.4 Å². The van der Waals surface area contributed by atoms with Crippen molar-refractivity contribution in [3.63, 3.8) is 0 Å². The molecule has 0 unspecified atom stereocenters. The first-order valence-corrected chi connectivity index (χ1v) is 16.4. The van der Waals surface area contributed by atoms with Gasteiger partial charge in [0.15, 0.2) is 0 Å². The highest BCUT2D eigenvalue weighted by atomic mass is 32.1. The van der Waals surface area contributed by atoms with Crippen LogP contribution in [0.5, 0.6) is 5.75 Å². The van der Waals surface area contributed by atoms with E-state index in [2.05, 4.69) is 36.7 Å². The van der Waals surface area contributed by atoms with Gasteiger partial charge in [0, 0.05) is 53.0 Å². The van der Waals surface area contributed by atoms with Crippen LogP contribution in [0.1, 0.15) is 43.6 Å². The fourth-order valence-corrected chi connectivity index (χ4v) is 7.63. The monoisotopic (exact) mass is 639 g/mol. The fraction of sp³-hybridized carbons (Fsp3) is 0.306. The number of hydrogen-bond acceptors (Lipinski definition) is 6. The molecule has 0 aliphatic carbocycles. The third-order valence-corrected chi connectivity index (χ3v) is 9.81. The smallest absolute Gasteiger partial charge is 0.246 e. The second-order valence-electron chi connectivity index (χ2n) is 12.3. The number of hydrogen-bond donors (Lipinski definition) is 0. The van der Waals surface area contributed by atoms with Crippen LogP contribution in [0.4, 0.5) is 8.78 Å². The zero-order chi connectivity index (χ0) is 32.3. The summed E-state index contributed by atoms with van der Waals surface area (Å²) in [5.74, 6) is -1.50. The van der Waals surface area contributed by atoms with Crippen molar-refractivity contribution in [2.75, 3.05) is 20.1 Å². The molecule has 0 saturated heterocycles. The summed E-state index contributed by atoms with van der Waals surface area (Å²) in [6.07, 6.45) is 1.95. The Balaban J connectivity index is 1.50. The van der Waals surface area contributed by atoms with Gasteiger partial charge in [-0.3, -0.25) is 9.48 Å². The first-order valence-electron chi connectivity index (χ1n) is 15.5. The molecule has 0 N–H and O–H groups in total. The van der Waals surface area contributed by atoms with Crippen molar-refractivity contribution in [1.82, 2.24) is 24.6 Å². The van der Waals surface area contributed by atoms with Crippen molar-refractivity contribution in [3.05, 3.63) is 89.0 Å². The van der Waals surface area contributed by atoms with Crippen LogP contribution in [-0.4, -0.2) is 56.7 Å². The van der Waals surface area contributed by atoms with Crippen LogP contribution in [0.15, 0.2) is 60.5 Å². The molecule has 1 atom stereocenters. The van der Waals surface area contributed by atoms with Crippen LogP contribution in [-0.2, 0) is 24.3 Å². The molecule has 0 spiro atoms. The van der Waals surface area contributed by atoms with Crippen molar-refractivity contribution < 1.29 is 18.3 Å². The van der Waals surface area contributed by atoms with E-state index in [1.54, 1.807) is 4.90 Å². The largest absolute Gasteiger partial charge is 0.490 e. The molecular formula is C36H35F2N5O2S. The van der Waals surface area contributed by atoms with E-state index >= 15 is 4.39 Å². The first-order chi connectivity index (χ1) is 22.1. The van der Waals surface area contributed by atoms with Gasteiger partial charge in [-0.1, -0.05) is 18.7 Å². The summed E-state index contributed by atoms with van der Waals surface area (Å²) in [7, 11) is 2.13. The van der Waals surface area contributed by atoms with Crippen LogP contribution < -0.4 is 4.74 Å². The fourth-order valence-electron chi connectivity index (χ4n) is 6.68. The molecule has 1 amide bonds. The summed E-state index contributed by atoms with van der Waals surface area (Å²) in [4.78, 5) is 22.0. The molecule has 5 heterocycles. The lowest BCUT2D eigenvalue weighted by Gasteiger charge is -2.33. The Kier molecular flexibility index (Phi) is 7.73. The lowest BCUT2D eigenvalue weighted by Crippen LogP contribution is -2.40. The number of carbonyl (C=O) groups excluding carboxylic acids is 1. The van der Waals surface area contributed by atoms with Gasteiger partial charge in [0.05, 0.1) is 35.6 Å². The van der Waals surface area contributed by atoms with Gasteiger partial charge in [-0.05, 0) is 75.0 Å². The van der Waals surface area contributed by atoms with E-state index in [0.717, 1.165) is 52.6 Å². The van der Waals surface area contributed by atoms with Crippen LogP contribution in [0.3, 0.4) is 0 Å². The second kappa shape index (κ2) is 11.7. The Bertz CT molecular complexity index is 2020. The first kappa shape index (κ1) is 30.3. The number of halogens is 2. The quantitative estimate of drug-likeness (QED) is 0.179. The van der Waals surface area contributed by atoms with Gasteiger partial charge in [0.1, 0.15) is 28.8 Å². The highest BCUT2D eigenvalue weighted by Crippen LogP contribution is 2.47. The Morgan fingerprint density at radius 1 is 1.07 bits per heavy atom. The van der Waals surface area contributed by atoms with E-state index < -0.39 is 11.6 Å². The maximum atomic E-state index is 16.1. The topological polar surface area (TPSA) is 63.5 Å². The van der Waals surface area contributed by atoms with E-state index in [1.165, 1.54) is 34.6 Å². The van der Waals surface area contributed by atoms with Gasteiger partial charge in [0.25, 0.3) is 0 Å². The van der Waals surface area contributed by atoms with Crippen molar-refractivity contribution in [3.8, 4) is 39.5 Å². The standard InChI is InChI=1S/C36H35F2N5O2S/c1-6-31(44)42-12-13-43-29(21(42)4)18-28(40-43)35-33(32-27(38)16-25(37)17-30(32)45-20(2)3)36-26(10-14-46-36)34(39-35)23-7-8-24-19-41(5)11-9-22(24)15-23/h6-8,10,14-18,20-21H,1,9,11-13,19H2,2-5H3/t21-/m0/s1. The van der Waals surface area contributed by atoms with E-state index in [9.17, 15) is 9.18 Å². The van der Waals surface area contributed by atoms with E-state index in [4.69, 9.17) is 14.8 Å². The van der Waals surface area contributed by atoms with Crippen molar-refractivity contribution >= 4 is 27.3 Å². The molecule has 0 radical (unpaired) electrons. The SMILES string of the molecule is C=CC(=O)N1CCn2nc(-c3nc(-c4ccc5c(c4)CCN(C)C5)c4ccsc4c3-c3c(F)cc(F)cc3OC(C)C)cc2[C@@H]1C. The Hall–Kier alpha value is -4.41. The Labute approximate surface area is 270 Å². The molecular weight excluding hydrogens is 604 g/mol. The highest BCUT2D eigenvalue weighted by Gasteiger charge is 2.31. The lowest BCUT2D eigenvalue weighted by atomic mass is 9.93. The molecule has 236 valence electrons. The number of thiophene rings is 1. The maximum absolute atomic E-state index is 16.1. The predicted molar refractivity (Wildman–Crippen MR) is 178 cm³/mol. The number of carbonyl (C=O) groups is 1. The molecule has 0 fully saturated rings. The molecule has 0 bridgehead atoms. The zero-order valence-corrected chi connectivity index (χ0v) is 27.1. The molecule has 10 heteroatoms. The highest BCUT2D eigenvalue weighted by molar-refractivity contribution is 7.18. The van der Waals surface area contributed by atoms with Crippen molar-refractivity contribution in [2.24, 2.45) is 0 Å². The third-order valence-electron chi connectivity index (χ3n) is 8.88. The number of benzene rings is 2. The number of pyridine rings is 1. The third kappa shape index (κ3) is 5.19. The number of amides is 1. The van der Waals surface area contributed by atoms with Gasteiger partial charge in [-0.25, -0.2) is 13.8 Å².